The molecule has 2 saturated carbocycles. The van der Waals surface area contributed by atoms with Crippen LogP contribution in [0.1, 0.15) is 134 Å². The fraction of sp³-hybridized carbons (Fsp3) is 0.481. The second kappa shape index (κ2) is 23.1. The molecule has 2 aliphatic carbocycles. The van der Waals surface area contributed by atoms with Gasteiger partial charge in [0, 0.05) is 60.0 Å². The van der Waals surface area contributed by atoms with Crippen molar-refractivity contribution in [1.82, 2.24) is 20.4 Å². The first-order valence-electron chi connectivity index (χ1n) is 23.4. The molecule has 8 nitrogen and oxygen atoms in total. The lowest BCUT2D eigenvalue weighted by Crippen LogP contribution is -2.56. The van der Waals surface area contributed by atoms with Gasteiger partial charge in [-0.05, 0) is 147 Å². The molecule has 4 aromatic rings. The van der Waals surface area contributed by atoms with Gasteiger partial charge in [0.25, 0.3) is 0 Å². The third-order valence-corrected chi connectivity index (χ3v) is 14.0. The smallest absolute Gasteiger partial charge is 0.220 e. The van der Waals surface area contributed by atoms with Crippen LogP contribution in [-0.2, 0) is 22.4 Å². The molecule has 0 bridgehead atoms. The molecule has 1 aliphatic heterocycles. The number of hydrogen-bond donors (Lipinski definition) is 2. The number of likely N-dealkylation sites (N-methyl/N-ethyl adjacent to an activating group) is 1. The van der Waals surface area contributed by atoms with Gasteiger partial charge in [0.1, 0.15) is 5.82 Å². The second-order valence-electron chi connectivity index (χ2n) is 18.6. The Morgan fingerprint density at radius 3 is 1.59 bits per heavy atom. The number of benzene rings is 4. The highest BCUT2D eigenvalue weighted by Crippen LogP contribution is 2.39. The SMILES string of the molecule is Cc1ccc(CC2(N(C)C)CCC(NC(=O)CCC(=O)c3ccc(F)cc3)CC2)cc1.O=C(CCC(=O)c1ccccc1)NC1CCC(Cc2ccccc2)(N2CCCCC2)CC1. The molecule has 3 fully saturated rings. The lowest BCUT2D eigenvalue weighted by atomic mass is 9.73. The van der Waals surface area contributed by atoms with Gasteiger partial charge in [-0.25, -0.2) is 4.39 Å². The molecular weight excluding hydrogens is 788 g/mol. The van der Waals surface area contributed by atoms with E-state index in [1.807, 2.05) is 30.3 Å². The van der Waals surface area contributed by atoms with Crippen LogP contribution in [0.25, 0.3) is 0 Å². The van der Waals surface area contributed by atoms with Gasteiger partial charge in [-0.1, -0.05) is 96.9 Å². The van der Waals surface area contributed by atoms with Gasteiger partial charge >= 0.3 is 0 Å². The number of piperidine rings is 1. The molecule has 0 spiro atoms. The van der Waals surface area contributed by atoms with Crippen molar-refractivity contribution in [1.29, 1.82) is 0 Å². The van der Waals surface area contributed by atoms with Crippen molar-refractivity contribution in [3.8, 4) is 0 Å². The highest BCUT2D eigenvalue weighted by molar-refractivity contribution is 5.98. The normalized spacial score (nSPS) is 22.6. The molecule has 336 valence electrons. The highest BCUT2D eigenvalue weighted by Gasteiger charge is 2.41. The summed E-state index contributed by atoms with van der Waals surface area (Å²) in [5.74, 6) is -0.549. The van der Waals surface area contributed by atoms with Crippen LogP contribution in [0.15, 0.2) is 109 Å². The van der Waals surface area contributed by atoms with Crippen LogP contribution in [0.4, 0.5) is 4.39 Å². The Hall–Kier alpha value is -4.99. The summed E-state index contributed by atoms with van der Waals surface area (Å²) in [6, 6.07) is 34.7. The van der Waals surface area contributed by atoms with Crippen LogP contribution in [0.5, 0.6) is 0 Å². The van der Waals surface area contributed by atoms with E-state index in [2.05, 4.69) is 96.0 Å². The number of hydrogen-bond acceptors (Lipinski definition) is 6. The lowest BCUT2D eigenvalue weighted by Gasteiger charge is -2.50. The van der Waals surface area contributed by atoms with E-state index in [4.69, 9.17) is 0 Å². The lowest BCUT2D eigenvalue weighted by molar-refractivity contribution is -0.123. The molecule has 2 amide bonds. The van der Waals surface area contributed by atoms with Gasteiger partial charge in [-0.15, -0.1) is 0 Å². The topological polar surface area (TPSA) is 98.8 Å². The number of rotatable bonds is 16. The van der Waals surface area contributed by atoms with E-state index in [0.717, 1.165) is 64.2 Å². The van der Waals surface area contributed by atoms with Crippen molar-refractivity contribution >= 4 is 23.4 Å². The van der Waals surface area contributed by atoms with Gasteiger partial charge in [-0.2, -0.15) is 0 Å². The van der Waals surface area contributed by atoms with Gasteiger partial charge in [0.2, 0.25) is 11.8 Å². The van der Waals surface area contributed by atoms with E-state index < -0.39 is 0 Å². The van der Waals surface area contributed by atoms with Gasteiger partial charge in [-0.3, -0.25) is 24.1 Å². The number of ketones is 2. The van der Waals surface area contributed by atoms with E-state index in [0.29, 0.717) is 11.1 Å². The molecule has 1 heterocycles. The summed E-state index contributed by atoms with van der Waals surface area (Å²) in [5, 5.41) is 6.33. The number of amides is 2. The average molecular weight is 857 g/mol. The number of nitrogens with one attached hydrogen (secondary N) is 2. The van der Waals surface area contributed by atoms with E-state index >= 15 is 0 Å². The zero-order valence-corrected chi connectivity index (χ0v) is 37.9. The largest absolute Gasteiger partial charge is 0.353 e. The summed E-state index contributed by atoms with van der Waals surface area (Å²) >= 11 is 0. The van der Waals surface area contributed by atoms with Gasteiger partial charge in [0.05, 0.1) is 0 Å². The number of carbonyl (C=O) groups is 4. The average Bonchev–Trinajstić information content (AvgIpc) is 3.31. The zero-order chi connectivity index (χ0) is 44.7. The fourth-order valence-corrected chi connectivity index (χ4v) is 10.0. The quantitative estimate of drug-likeness (QED) is 0.109. The number of nitrogens with zero attached hydrogens (tertiary/aromatic N) is 2. The Morgan fingerprint density at radius 2 is 1.06 bits per heavy atom. The maximum absolute atomic E-state index is 13.0. The Kier molecular flexibility index (Phi) is 17.4. The highest BCUT2D eigenvalue weighted by atomic mass is 19.1. The Balaban J connectivity index is 0.000000210. The Morgan fingerprint density at radius 1 is 0.587 bits per heavy atom. The monoisotopic (exact) mass is 857 g/mol. The van der Waals surface area contributed by atoms with E-state index in [-0.39, 0.29) is 78.0 Å². The van der Waals surface area contributed by atoms with Crippen molar-refractivity contribution in [2.24, 2.45) is 0 Å². The van der Waals surface area contributed by atoms with E-state index in [1.54, 1.807) is 0 Å². The molecule has 0 unspecified atom stereocenters. The standard InChI is InChI=1S/C28H36N2O2.C26H33FN2O2/c31-26(24-12-6-2-7-13-24)14-15-27(32)29-25-16-18-28(19-17-25,30-20-8-3-9-21-30)22-23-10-4-1-5-11-23;1-19-4-6-20(7-5-19)18-26(29(2)3)16-14-23(15-17-26)28-25(31)13-12-24(30)21-8-10-22(27)11-9-21/h1-2,4-7,10-13,25H,3,8-9,14-22H2,(H,29,32);4-11,23H,12-18H2,1-3H3,(H,28,31). The summed E-state index contributed by atoms with van der Waals surface area (Å²) in [6.07, 6.45) is 15.1. The fourth-order valence-electron chi connectivity index (χ4n) is 10.0. The first kappa shape index (κ1) is 47.5. The van der Waals surface area contributed by atoms with Crippen LogP contribution in [0, 0.1) is 12.7 Å². The minimum Gasteiger partial charge on any atom is -0.353 e. The summed E-state index contributed by atoms with van der Waals surface area (Å²) in [6.45, 7) is 4.50. The molecule has 3 aliphatic rings. The number of aryl methyl sites for hydroxylation is 1. The van der Waals surface area contributed by atoms with E-state index in [9.17, 15) is 23.6 Å². The molecular formula is C54H69FN4O4. The minimum absolute atomic E-state index is 0.00723. The maximum atomic E-state index is 13.0. The van der Waals surface area contributed by atoms with Crippen LogP contribution < -0.4 is 10.6 Å². The van der Waals surface area contributed by atoms with Gasteiger partial charge in [0.15, 0.2) is 11.6 Å². The van der Waals surface area contributed by atoms with Crippen molar-refractivity contribution in [3.05, 3.63) is 143 Å². The molecule has 0 radical (unpaired) electrons. The molecule has 0 aromatic heterocycles. The maximum Gasteiger partial charge on any atom is 0.220 e. The third kappa shape index (κ3) is 14.0. The first-order valence-corrected chi connectivity index (χ1v) is 23.4. The molecule has 0 atom stereocenters. The van der Waals surface area contributed by atoms with Crippen molar-refractivity contribution in [3.63, 3.8) is 0 Å². The van der Waals surface area contributed by atoms with Gasteiger partial charge < -0.3 is 15.5 Å². The Labute approximate surface area is 375 Å². The molecule has 9 heteroatoms. The van der Waals surface area contributed by atoms with Crippen LogP contribution in [0.2, 0.25) is 0 Å². The number of Topliss-reactive ketones (excluding diaryl/α,β-unsaturated/α-hetero) is 2. The molecule has 63 heavy (non-hydrogen) atoms. The zero-order valence-electron chi connectivity index (χ0n) is 37.9. The second-order valence-corrected chi connectivity index (χ2v) is 18.6. The summed E-state index contributed by atoms with van der Waals surface area (Å²) < 4.78 is 13.0. The molecule has 2 N–H and O–H groups in total. The van der Waals surface area contributed by atoms with Crippen molar-refractivity contribution < 1.29 is 23.6 Å². The van der Waals surface area contributed by atoms with Crippen LogP contribution >= 0.6 is 0 Å². The van der Waals surface area contributed by atoms with Crippen LogP contribution in [0.3, 0.4) is 0 Å². The summed E-state index contributed by atoms with van der Waals surface area (Å²) in [4.78, 5) is 54.5. The Bertz CT molecular complexity index is 2050. The van der Waals surface area contributed by atoms with Crippen molar-refractivity contribution in [2.45, 2.75) is 139 Å². The minimum atomic E-state index is -0.372. The molecule has 1 saturated heterocycles. The summed E-state index contributed by atoms with van der Waals surface area (Å²) in [5.41, 5.74) is 5.48. The predicted octanol–water partition coefficient (Wildman–Crippen LogP) is 9.87. The van der Waals surface area contributed by atoms with Crippen molar-refractivity contribution in [2.75, 3.05) is 27.2 Å². The third-order valence-electron chi connectivity index (χ3n) is 14.0. The number of halogens is 1. The number of likely N-dealkylation sites (tertiary alicyclic amines) is 1. The van der Waals surface area contributed by atoms with Crippen LogP contribution in [-0.4, -0.2) is 83.5 Å². The summed E-state index contributed by atoms with van der Waals surface area (Å²) in [7, 11) is 4.29. The predicted molar refractivity (Wildman–Crippen MR) is 250 cm³/mol. The molecule has 4 aromatic carbocycles. The molecule has 7 rings (SSSR count). The van der Waals surface area contributed by atoms with E-state index in [1.165, 1.54) is 73.3 Å². The first-order chi connectivity index (χ1) is 30.4. The number of carbonyl (C=O) groups excluding carboxylic acids is 4.